The van der Waals surface area contributed by atoms with Crippen molar-refractivity contribution in [2.45, 2.75) is 16.8 Å². The predicted molar refractivity (Wildman–Crippen MR) is 74.1 cm³/mol. The van der Waals surface area contributed by atoms with Crippen LogP contribution in [0.5, 0.6) is 0 Å². The SMILES string of the molecule is CN(Cc1ncn[nH]1)S(=O)(=O)c1ccc(CBr)cc1. The van der Waals surface area contributed by atoms with Gasteiger partial charge in [-0.05, 0) is 17.7 Å². The molecular formula is C11H13BrN4O2S. The molecule has 102 valence electrons. The van der Waals surface area contributed by atoms with Crippen molar-refractivity contribution in [1.82, 2.24) is 19.5 Å². The van der Waals surface area contributed by atoms with Gasteiger partial charge in [-0.2, -0.15) is 9.40 Å². The molecule has 0 saturated carbocycles. The van der Waals surface area contributed by atoms with Crippen molar-refractivity contribution in [2.75, 3.05) is 7.05 Å². The van der Waals surface area contributed by atoms with Gasteiger partial charge in [-0.1, -0.05) is 28.1 Å². The molecule has 0 aliphatic heterocycles. The Morgan fingerprint density at radius 1 is 1.32 bits per heavy atom. The molecule has 0 unspecified atom stereocenters. The summed E-state index contributed by atoms with van der Waals surface area (Å²) < 4.78 is 25.9. The van der Waals surface area contributed by atoms with Crippen LogP contribution in [0.3, 0.4) is 0 Å². The second kappa shape index (κ2) is 5.81. The molecule has 0 radical (unpaired) electrons. The number of aromatic nitrogens is 3. The van der Waals surface area contributed by atoms with Gasteiger partial charge in [0.25, 0.3) is 0 Å². The van der Waals surface area contributed by atoms with Crippen molar-refractivity contribution >= 4 is 26.0 Å². The number of aromatic amines is 1. The number of benzene rings is 1. The average molecular weight is 345 g/mol. The monoisotopic (exact) mass is 344 g/mol. The summed E-state index contributed by atoms with van der Waals surface area (Å²) in [6, 6.07) is 6.76. The van der Waals surface area contributed by atoms with Gasteiger partial charge in [0, 0.05) is 12.4 Å². The van der Waals surface area contributed by atoms with E-state index in [2.05, 4.69) is 31.1 Å². The summed E-state index contributed by atoms with van der Waals surface area (Å²) in [4.78, 5) is 4.17. The predicted octanol–water partition coefficient (Wildman–Crippen LogP) is 1.52. The second-order valence-electron chi connectivity index (χ2n) is 3.97. The van der Waals surface area contributed by atoms with E-state index < -0.39 is 10.0 Å². The van der Waals surface area contributed by atoms with Gasteiger partial charge < -0.3 is 0 Å². The highest BCUT2D eigenvalue weighted by Crippen LogP contribution is 2.17. The van der Waals surface area contributed by atoms with Crippen molar-refractivity contribution in [3.8, 4) is 0 Å². The van der Waals surface area contributed by atoms with E-state index in [1.807, 2.05) is 0 Å². The molecule has 0 amide bonds. The molecular weight excluding hydrogens is 332 g/mol. The Bertz CT molecular complexity index is 625. The Labute approximate surface area is 120 Å². The van der Waals surface area contributed by atoms with Crippen LogP contribution < -0.4 is 0 Å². The highest BCUT2D eigenvalue weighted by molar-refractivity contribution is 9.08. The first-order valence-electron chi connectivity index (χ1n) is 5.49. The van der Waals surface area contributed by atoms with Crippen molar-refractivity contribution in [3.63, 3.8) is 0 Å². The molecule has 0 saturated heterocycles. The molecule has 0 aliphatic carbocycles. The van der Waals surface area contributed by atoms with E-state index in [4.69, 9.17) is 0 Å². The van der Waals surface area contributed by atoms with Gasteiger partial charge in [0.2, 0.25) is 10.0 Å². The minimum atomic E-state index is -3.51. The number of halogens is 1. The van der Waals surface area contributed by atoms with E-state index in [1.165, 1.54) is 17.7 Å². The highest BCUT2D eigenvalue weighted by atomic mass is 79.9. The minimum absolute atomic E-state index is 0.155. The minimum Gasteiger partial charge on any atom is -0.262 e. The van der Waals surface area contributed by atoms with Gasteiger partial charge in [-0.3, -0.25) is 5.10 Å². The van der Waals surface area contributed by atoms with Crippen LogP contribution in [0.25, 0.3) is 0 Å². The van der Waals surface area contributed by atoms with E-state index in [0.717, 1.165) is 5.56 Å². The third-order valence-electron chi connectivity index (χ3n) is 2.62. The first-order chi connectivity index (χ1) is 9.04. The number of alkyl halides is 1. The van der Waals surface area contributed by atoms with Gasteiger partial charge >= 0.3 is 0 Å². The van der Waals surface area contributed by atoms with Crippen molar-refractivity contribution in [1.29, 1.82) is 0 Å². The Balaban J connectivity index is 2.20. The zero-order chi connectivity index (χ0) is 13.9. The fourth-order valence-corrected chi connectivity index (χ4v) is 3.04. The smallest absolute Gasteiger partial charge is 0.243 e. The lowest BCUT2D eigenvalue weighted by Gasteiger charge is -2.15. The first kappa shape index (κ1) is 14.2. The summed E-state index contributed by atoms with van der Waals surface area (Å²) in [6.45, 7) is 0.155. The maximum Gasteiger partial charge on any atom is 0.243 e. The zero-order valence-corrected chi connectivity index (χ0v) is 12.6. The van der Waals surface area contributed by atoms with Crippen LogP contribution >= 0.6 is 15.9 Å². The quantitative estimate of drug-likeness (QED) is 0.834. The van der Waals surface area contributed by atoms with Crippen LogP contribution in [0.4, 0.5) is 0 Å². The Morgan fingerprint density at radius 3 is 2.53 bits per heavy atom. The maximum atomic E-state index is 12.3. The molecule has 0 atom stereocenters. The fraction of sp³-hybridized carbons (Fsp3) is 0.273. The molecule has 0 aliphatic rings. The number of hydrogen-bond donors (Lipinski definition) is 1. The van der Waals surface area contributed by atoms with Gasteiger partial charge in [-0.25, -0.2) is 13.4 Å². The molecule has 1 aromatic carbocycles. The van der Waals surface area contributed by atoms with Gasteiger partial charge in [0.15, 0.2) is 0 Å². The van der Waals surface area contributed by atoms with Crippen LogP contribution in [0.15, 0.2) is 35.5 Å². The lowest BCUT2D eigenvalue weighted by molar-refractivity contribution is 0.457. The van der Waals surface area contributed by atoms with Gasteiger partial charge in [-0.15, -0.1) is 0 Å². The number of H-pyrrole nitrogens is 1. The molecule has 2 rings (SSSR count). The summed E-state index contributed by atoms with van der Waals surface area (Å²) in [5, 5.41) is 7.02. The van der Waals surface area contributed by atoms with Crippen LogP contribution in [0, 0.1) is 0 Å². The number of rotatable bonds is 5. The maximum absolute atomic E-state index is 12.3. The molecule has 19 heavy (non-hydrogen) atoms. The number of hydrogen-bond acceptors (Lipinski definition) is 4. The Kier molecular flexibility index (Phi) is 4.33. The van der Waals surface area contributed by atoms with Gasteiger partial charge in [0.1, 0.15) is 12.2 Å². The molecule has 0 bridgehead atoms. The number of sulfonamides is 1. The molecule has 0 fully saturated rings. The van der Waals surface area contributed by atoms with E-state index in [1.54, 1.807) is 24.3 Å². The molecule has 1 aromatic heterocycles. The first-order valence-corrected chi connectivity index (χ1v) is 8.05. The molecule has 6 nitrogen and oxygen atoms in total. The summed E-state index contributed by atoms with van der Waals surface area (Å²) in [5.41, 5.74) is 1.02. The summed E-state index contributed by atoms with van der Waals surface area (Å²) in [6.07, 6.45) is 1.35. The van der Waals surface area contributed by atoms with Crippen LogP contribution in [-0.2, 0) is 21.9 Å². The van der Waals surface area contributed by atoms with E-state index >= 15 is 0 Å². The summed E-state index contributed by atoms with van der Waals surface area (Å²) in [5.74, 6) is 0.503. The van der Waals surface area contributed by atoms with Crippen molar-refractivity contribution in [3.05, 3.63) is 42.0 Å². The van der Waals surface area contributed by atoms with Crippen LogP contribution in [0.1, 0.15) is 11.4 Å². The lowest BCUT2D eigenvalue weighted by Crippen LogP contribution is -2.27. The standard InChI is InChI=1S/C11H13BrN4O2S/c1-16(7-11-13-8-14-15-11)19(17,18)10-4-2-9(6-12)3-5-10/h2-5,8H,6-7H2,1H3,(H,13,14,15). The molecule has 2 aromatic rings. The van der Waals surface area contributed by atoms with Crippen molar-refractivity contribution < 1.29 is 8.42 Å². The summed E-state index contributed by atoms with van der Waals surface area (Å²) in [7, 11) is -2.00. The van der Waals surface area contributed by atoms with Gasteiger partial charge in [0.05, 0.1) is 11.4 Å². The molecule has 0 spiro atoms. The highest BCUT2D eigenvalue weighted by Gasteiger charge is 2.21. The fourth-order valence-electron chi connectivity index (χ4n) is 1.53. The Hall–Kier alpha value is -1.25. The molecule has 1 N–H and O–H groups in total. The third-order valence-corrected chi connectivity index (χ3v) is 5.09. The second-order valence-corrected chi connectivity index (χ2v) is 6.58. The van der Waals surface area contributed by atoms with Crippen LogP contribution in [0.2, 0.25) is 0 Å². The Morgan fingerprint density at radius 2 is 2.00 bits per heavy atom. The van der Waals surface area contributed by atoms with Crippen LogP contribution in [-0.4, -0.2) is 35.0 Å². The largest absolute Gasteiger partial charge is 0.262 e. The van der Waals surface area contributed by atoms with E-state index in [9.17, 15) is 8.42 Å². The van der Waals surface area contributed by atoms with E-state index in [-0.39, 0.29) is 11.4 Å². The third kappa shape index (κ3) is 3.20. The molecule has 8 heteroatoms. The van der Waals surface area contributed by atoms with E-state index in [0.29, 0.717) is 11.2 Å². The number of nitrogens with zero attached hydrogens (tertiary/aromatic N) is 3. The zero-order valence-electron chi connectivity index (χ0n) is 10.2. The molecule has 1 heterocycles. The normalized spacial score (nSPS) is 11.9. The lowest BCUT2D eigenvalue weighted by atomic mass is 10.2. The number of nitrogens with one attached hydrogen (secondary N) is 1. The summed E-state index contributed by atoms with van der Waals surface area (Å²) >= 11 is 3.32. The average Bonchev–Trinajstić information content (AvgIpc) is 2.91. The topological polar surface area (TPSA) is 79.0 Å². The van der Waals surface area contributed by atoms with Crippen molar-refractivity contribution in [2.24, 2.45) is 0 Å².